The third-order valence-corrected chi connectivity index (χ3v) is 1.69. The van der Waals surface area contributed by atoms with Gasteiger partial charge in [-0.25, -0.2) is 5.06 Å². The number of rotatable bonds is 5. The van der Waals surface area contributed by atoms with Crippen LogP contribution in [0.15, 0.2) is 0 Å². The van der Waals surface area contributed by atoms with Crippen LogP contribution in [0.25, 0.3) is 0 Å². The first kappa shape index (κ1) is 10.4. The zero-order chi connectivity index (χ0) is 9.52. The van der Waals surface area contributed by atoms with Crippen LogP contribution in [0.1, 0.15) is 6.42 Å². The Hall–Kier alpha value is -0.650. The Morgan fingerprint density at radius 2 is 2.38 bits per heavy atom. The molecular weight excluding hydrogens is 174 g/mol. The van der Waals surface area contributed by atoms with Crippen molar-refractivity contribution >= 4 is 5.91 Å². The molecule has 0 saturated carbocycles. The molecule has 0 spiro atoms. The van der Waals surface area contributed by atoms with Crippen LogP contribution in [0.5, 0.6) is 0 Å². The Morgan fingerprint density at radius 3 is 3.00 bits per heavy atom. The summed E-state index contributed by atoms with van der Waals surface area (Å²) in [4.78, 5) is 16.3. The molecule has 0 aromatic carbocycles. The van der Waals surface area contributed by atoms with E-state index < -0.39 is 0 Å². The molecule has 0 aliphatic carbocycles. The van der Waals surface area contributed by atoms with Crippen molar-refractivity contribution in [1.29, 1.82) is 0 Å². The van der Waals surface area contributed by atoms with Crippen LogP contribution >= 0.6 is 0 Å². The van der Waals surface area contributed by atoms with Crippen molar-refractivity contribution < 1.29 is 19.1 Å². The molecule has 0 unspecified atom stereocenters. The van der Waals surface area contributed by atoms with Crippen LogP contribution in [0.3, 0.4) is 0 Å². The standard InChI is InChI=1S/C8H15NO4/c1-11-5-6-12-7-8(10)9-3-2-4-13-9/h2-7H2,1H3. The maximum Gasteiger partial charge on any atom is 0.272 e. The van der Waals surface area contributed by atoms with Gasteiger partial charge in [0.05, 0.1) is 26.4 Å². The smallest absolute Gasteiger partial charge is 0.272 e. The molecule has 1 amide bonds. The summed E-state index contributed by atoms with van der Waals surface area (Å²) >= 11 is 0. The molecule has 13 heavy (non-hydrogen) atoms. The predicted molar refractivity (Wildman–Crippen MR) is 45.0 cm³/mol. The molecule has 0 atom stereocenters. The maximum atomic E-state index is 11.2. The largest absolute Gasteiger partial charge is 0.382 e. The summed E-state index contributed by atoms with van der Waals surface area (Å²) in [7, 11) is 1.59. The van der Waals surface area contributed by atoms with Crippen LogP contribution in [0.4, 0.5) is 0 Å². The van der Waals surface area contributed by atoms with Gasteiger partial charge in [0.25, 0.3) is 5.91 Å². The van der Waals surface area contributed by atoms with Gasteiger partial charge in [-0.05, 0) is 6.42 Å². The number of nitrogens with zero attached hydrogens (tertiary/aromatic N) is 1. The van der Waals surface area contributed by atoms with Gasteiger partial charge < -0.3 is 9.47 Å². The molecule has 1 fully saturated rings. The maximum absolute atomic E-state index is 11.2. The molecule has 1 aliphatic rings. The third-order valence-electron chi connectivity index (χ3n) is 1.69. The summed E-state index contributed by atoms with van der Waals surface area (Å²) in [5, 5.41) is 1.35. The molecule has 1 rings (SSSR count). The zero-order valence-corrected chi connectivity index (χ0v) is 7.82. The van der Waals surface area contributed by atoms with Crippen molar-refractivity contribution in [2.45, 2.75) is 6.42 Å². The molecule has 76 valence electrons. The highest BCUT2D eigenvalue weighted by Gasteiger charge is 2.18. The zero-order valence-electron chi connectivity index (χ0n) is 7.82. The summed E-state index contributed by atoms with van der Waals surface area (Å²) < 4.78 is 9.82. The highest BCUT2D eigenvalue weighted by molar-refractivity contribution is 5.76. The highest BCUT2D eigenvalue weighted by Crippen LogP contribution is 2.03. The van der Waals surface area contributed by atoms with Gasteiger partial charge in [0.15, 0.2) is 0 Å². The lowest BCUT2D eigenvalue weighted by molar-refractivity contribution is -0.173. The topological polar surface area (TPSA) is 48.0 Å². The van der Waals surface area contributed by atoms with Crippen molar-refractivity contribution in [1.82, 2.24) is 5.06 Å². The quantitative estimate of drug-likeness (QED) is 0.562. The summed E-state index contributed by atoms with van der Waals surface area (Å²) in [5.74, 6) is -0.117. The number of ether oxygens (including phenoxy) is 2. The lowest BCUT2D eigenvalue weighted by atomic mass is 10.5. The Kier molecular flexibility index (Phi) is 4.74. The second-order valence-corrected chi connectivity index (χ2v) is 2.73. The number of carbonyl (C=O) groups excluding carboxylic acids is 1. The minimum absolute atomic E-state index is 0.0728. The van der Waals surface area contributed by atoms with E-state index >= 15 is 0 Å². The van der Waals surface area contributed by atoms with Gasteiger partial charge in [-0.2, -0.15) is 0 Å². The Morgan fingerprint density at radius 1 is 1.54 bits per heavy atom. The van der Waals surface area contributed by atoms with Crippen LogP contribution < -0.4 is 0 Å². The Bertz CT molecular complexity index is 156. The molecule has 5 nitrogen and oxygen atoms in total. The average molecular weight is 189 g/mol. The van der Waals surface area contributed by atoms with Gasteiger partial charge in [-0.15, -0.1) is 0 Å². The van der Waals surface area contributed by atoms with Crippen molar-refractivity contribution in [3.8, 4) is 0 Å². The highest BCUT2D eigenvalue weighted by atomic mass is 16.7. The minimum Gasteiger partial charge on any atom is -0.382 e. The predicted octanol–water partition coefficient (Wildman–Crippen LogP) is -0.187. The van der Waals surface area contributed by atoms with Crippen molar-refractivity contribution in [2.75, 3.05) is 40.1 Å². The van der Waals surface area contributed by atoms with E-state index in [2.05, 4.69) is 0 Å². The van der Waals surface area contributed by atoms with Crippen LogP contribution in [0.2, 0.25) is 0 Å². The first-order valence-corrected chi connectivity index (χ1v) is 4.34. The fraction of sp³-hybridized carbons (Fsp3) is 0.875. The lowest BCUT2D eigenvalue weighted by Crippen LogP contribution is -2.30. The van der Waals surface area contributed by atoms with Crippen LogP contribution in [-0.4, -0.2) is 51.1 Å². The van der Waals surface area contributed by atoms with Crippen molar-refractivity contribution in [3.05, 3.63) is 0 Å². The SMILES string of the molecule is COCCOCC(=O)N1CCCO1. The van der Waals surface area contributed by atoms with E-state index in [-0.39, 0.29) is 12.5 Å². The molecular formula is C8H15NO4. The number of carbonyl (C=O) groups is 1. The van der Waals surface area contributed by atoms with E-state index in [1.54, 1.807) is 7.11 Å². The normalized spacial score (nSPS) is 16.5. The van der Waals surface area contributed by atoms with Gasteiger partial charge >= 0.3 is 0 Å². The molecule has 1 aliphatic heterocycles. The molecule has 1 saturated heterocycles. The molecule has 5 heteroatoms. The lowest BCUT2D eigenvalue weighted by Gasteiger charge is -2.13. The molecule has 0 bridgehead atoms. The van der Waals surface area contributed by atoms with E-state index in [1.807, 2.05) is 0 Å². The van der Waals surface area contributed by atoms with E-state index in [4.69, 9.17) is 14.3 Å². The number of amides is 1. The number of methoxy groups -OCH3 is 1. The van der Waals surface area contributed by atoms with E-state index in [1.165, 1.54) is 5.06 Å². The third kappa shape index (κ3) is 3.71. The number of hydrogen-bond donors (Lipinski definition) is 0. The fourth-order valence-corrected chi connectivity index (χ4v) is 1.02. The molecule has 0 aromatic heterocycles. The van der Waals surface area contributed by atoms with Crippen molar-refractivity contribution in [2.24, 2.45) is 0 Å². The van der Waals surface area contributed by atoms with Crippen molar-refractivity contribution in [3.63, 3.8) is 0 Å². The van der Waals surface area contributed by atoms with Gasteiger partial charge in [0.2, 0.25) is 0 Å². The Balaban J connectivity index is 2.03. The number of hydroxylamine groups is 2. The second kappa shape index (κ2) is 5.90. The van der Waals surface area contributed by atoms with Gasteiger partial charge in [0, 0.05) is 7.11 Å². The molecule has 0 N–H and O–H groups in total. The monoisotopic (exact) mass is 189 g/mol. The van der Waals surface area contributed by atoms with Crippen LogP contribution in [-0.2, 0) is 19.1 Å². The van der Waals surface area contributed by atoms with Crippen LogP contribution in [0, 0.1) is 0 Å². The minimum atomic E-state index is -0.117. The second-order valence-electron chi connectivity index (χ2n) is 2.73. The van der Waals surface area contributed by atoms with E-state index in [9.17, 15) is 4.79 Å². The fourth-order valence-electron chi connectivity index (χ4n) is 1.02. The molecule has 0 aromatic rings. The summed E-state index contributed by atoms with van der Waals surface area (Å²) in [6.07, 6.45) is 0.907. The van der Waals surface area contributed by atoms with E-state index in [0.717, 1.165) is 6.42 Å². The van der Waals surface area contributed by atoms with E-state index in [0.29, 0.717) is 26.4 Å². The first-order chi connectivity index (χ1) is 6.34. The van der Waals surface area contributed by atoms with Gasteiger partial charge in [-0.1, -0.05) is 0 Å². The summed E-state index contributed by atoms with van der Waals surface area (Å²) in [5.41, 5.74) is 0. The first-order valence-electron chi connectivity index (χ1n) is 4.34. The Labute approximate surface area is 77.5 Å². The van der Waals surface area contributed by atoms with Gasteiger partial charge in [-0.3, -0.25) is 9.63 Å². The van der Waals surface area contributed by atoms with Gasteiger partial charge in [0.1, 0.15) is 6.61 Å². The molecule has 0 radical (unpaired) electrons. The summed E-state index contributed by atoms with van der Waals surface area (Å²) in [6.45, 7) is 2.32. The molecule has 1 heterocycles. The number of hydrogen-bond acceptors (Lipinski definition) is 4. The average Bonchev–Trinajstić information content (AvgIpc) is 2.65. The summed E-state index contributed by atoms with van der Waals surface area (Å²) in [6, 6.07) is 0.